The fourth-order valence-electron chi connectivity index (χ4n) is 5.45. The van der Waals surface area contributed by atoms with Gasteiger partial charge in [0.15, 0.2) is 0 Å². The molecule has 0 atom stereocenters. The van der Waals surface area contributed by atoms with Gasteiger partial charge >= 0.3 is 10.1 Å². The summed E-state index contributed by atoms with van der Waals surface area (Å²) in [5, 5.41) is 0. The van der Waals surface area contributed by atoms with Gasteiger partial charge in [0, 0.05) is 14.7 Å². The van der Waals surface area contributed by atoms with E-state index >= 15 is 0 Å². The first kappa shape index (κ1) is 32.8. The zero-order chi connectivity index (χ0) is 30.4. The summed E-state index contributed by atoms with van der Waals surface area (Å²) in [7, 11) is -5.21. The molecule has 0 bridgehead atoms. The molecule has 0 radical (unpaired) electrons. The van der Waals surface area contributed by atoms with E-state index in [0.29, 0.717) is 12.2 Å². The molecule has 0 aliphatic heterocycles. The predicted octanol–water partition coefficient (Wildman–Crippen LogP) is 10.8. The van der Waals surface area contributed by atoms with Crippen molar-refractivity contribution < 1.29 is 16.8 Å². The van der Waals surface area contributed by atoms with Gasteiger partial charge in [-0.25, -0.2) is 3.63 Å². The third-order valence-corrected chi connectivity index (χ3v) is 13.1. The first-order valence-electron chi connectivity index (χ1n) is 15.6. The van der Waals surface area contributed by atoms with Crippen molar-refractivity contribution >= 4 is 20.4 Å². The standard InChI is InChI=1S/C37H46O4S2/c1-3-4-5-6-7-8-9-10-11-14-21-32-22-19-20-27-37(32)43(38,39)41-42(34-23-15-12-16-24-34,35-25-17-13-18-26-35)36-30-28-33(40-2)29-31-36/h12-13,15-20,22-31H,3-11,14,21H2,1-2H3. The van der Waals surface area contributed by atoms with Crippen LogP contribution < -0.4 is 4.74 Å². The minimum absolute atomic E-state index is 0.253. The molecule has 0 aliphatic rings. The number of methoxy groups -OCH3 is 1. The summed E-state index contributed by atoms with van der Waals surface area (Å²) >= 11 is 0. The number of unbranched alkanes of at least 4 members (excludes halogenated alkanes) is 9. The van der Waals surface area contributed by atoms with Gasteiger partial charge in [0.25, 0.3) is 0 Å². The lowest BCUT2D eigenvalue weighted by molar-refractivity contribution is 0.414. The first-order chi connectivity index (χ1) is 21.0. The zero-order valence-corrected chi connectivity index (χ0v) is 27.3. The molecular formula is C37H46O4S2. The Labute approximate surface area is 261 Å². The molecule has 4 aromatic rings. The second-order valence-corrected chi connectivity index (χ2v) is 15.3. The SMILES string of the molecule is CCCCCCCCCCCCc1ccccc1S(=O)(=O)OS(c1ccccc1)(c1ccccc1)c1ccc(OC)cc1. The van der Waals surface area contributed by atoms with E-state index in [1.54, 1.807) is 19.2 Å². The Kier molecular flexibility index (Phi) is 12.8. The summed E-state index contributed by atoms with van der Waals surface area (Å²) in [4.78, 5) is 2.65. The number of hydrogen-bond acceptors (Lipinski definition) is 4. The maximum Gasteiger partial charge on any atom is 0.307 e. The lowest BCUT2D eigenvalue weighted by Gasteiger charge is -2.39. The predicted molar refractivity (Wildman–Crippen MR) is 179 cm³/mol. The van der Waals surface area contributed by atoms with Crippen LogP contribution in [0, 0.1) is 0 Å². The summed E-state index contributed by atoms with van der Waals surface area (Å²) in [5.74, 6) is 0.697. The largest absolute Gasteiger partial charge is 0.497 e. The van der Waals surface area contributed by atoms with Crippen molar-refractivity contribution in [1.29, 1.82) is 0 Å². The third-order valence-electron chi connectivity index (χ3n) is 7.77. The fraction of sp³-hybridized carbons (Fsp3) is 0.351. The molecule has 0 heterocycles. The summed E-state index contributed by atoms with van der Waals surface area (Å²) in [6.45, 7) is 2.25. The Morgan fingerprint density at radius 3 is 1.53 bits per heavy atom. The van der Waals surface area contributed by atoms with Crippen LogP contribution in [0.25, 0.3) is 0 Å². The van der Waals surface area contributed by atoms with Crippen LogP contribution >= 0.6 is 10.3 Å². The summed E-state index contributed by atoms with van der Waals surface area (Å²) < 4.78 is 40.8. The third kappa shape index (κ3) is 8.75. The molecule has 4 nitrogen and oxygen atoms in total. The molecule has 43 heavy (non-hydrogen) atoms. The maximum absolute atomic E-state index is 14.4. The Balaban J connectivity index is 1.60. The van der Waals surface area contributed by atoms with Gasteiger partial charge in [0.2, 0.25) is 0 Å². The van der Waals surface area contributed by atoms with Crippen molar-refractivity contribution in [3.63, 3.8) is 0 Å². The Morgan fingerprint density at radius 2 is 1.00 bits per heavy atom. The van der Waals surface area contributed by atoms with Crippen LogP contribution in [0.1, 0.15) is 76.7 Å². The molecule has 0 spiro atoms. The molecule has 0 fully saturated rings. The van der Waals surface area contributed by atoms with Gasteiger partial charge in [0.05, 0.1) is 12.0 Å². The highest BCUT2D eigenvalue weighted by molar-refractivity contribution is 8.33. The number of benzene rings is 4. The Hall–Kier alpha value is -3.06. The molecule has 230 valence electrons. The molecule has 0 saturated carbocycles. The maximum atomic E-state index is 14.4. The van der Waals surface area contributed by atoms with Crippen LogP contribution in [-0.4, -0.2) is 15.5 Å². The number of aryl methyl sites for hydroxylation is 1. The van der Waals surface area contributed by atoms with E-state index in [4.69, 9.17) is 8.37 Å². The van der Waals surface area contributed by atoms with E-state index in [1.807, 2.05) is 97.1 Å². The molecular weight excluding hydrogens is 573 g/mol. The van der Waals surface area contributed by atoms with Gasteiger partial charge < -0.3 is 4.74 Å². The van der Waals surface area contributed by atoms with Gasteiger partial charge in [-0.2, -0.15) is 8.42 Å². The van der Waals surface area contributed by atoms with E-state index in [9.17, 15) is 8.42 Å². The summed E-state index contributed by atoms with van der Waals surface area (Å²) in [6, 6.07) is 34.3. The smallest absolute Gasteiger partial charge is 0.307 e. The topological polar surface area (TPSA) is 52.6 Å². The van der Waals surface area contributed by atoms with Crippen molar-refractivity contribution in [3.8, 4) is 5.75 Å². The lowest BCUT2D eigenvalue weighted by Crippen LogP contribution is -2.16. The van der Waals surface area contributed by atoms with E-state index in [-0.39, 0.29) is 4.90 Å². The minimum atomic E-state index is -4.17. The number of ether oxygens (including phenoxy) is 1. The monoisotopic (exact) mass is 618 g/mol. The van der Waals surface area contributed by atoms with Crippen molar-refractivity contribution in [2.75, 3.05) is 7.11 Å². The Bertz CT molecular complexity index is 1430. The van der Waals surface area contributed by atoms with Gasteiger partial charge in [-0.3, -0.25) is 0 Å². The molecule has 0 saturated heterocycles. The highest BCUT2D eigenvalue weighted by atomic mass is 32.3. The quantitative estimate of drug-likeness (QED) is 0.104. The first-order valence-corrected chi connectivity index (χ1v) is 18.6. The van der Waals surface area contributed by atoms with Crippen molar-refractivity contribution in [2.24, 2.45) is 0 Å². The van der Waals surface area contributed by atoms with Crippen LogP contribution in [0.4, 0.5) is 0 Å². The highest BCUT2D eigenvalue weighted by Gasteiger charge is 2.38. The van der Waals surface area contributed by atoms with E-state index in [0.717, 1.165) is 33.1 Å². The summed E-state index contributed by atoms with van der Waals surface area (Å²) in [5.41, 5.74) is 0.811. The minimum Gasteiger partial charge on any atom is -0.497 e. The van der Waals surface area contributed by atoms with Gasteiger partial charge in [0.1, 0.15) is 5.75 Å². The summed E-state index contributed by atoms with van der Waals surface area (Å²) in [6.07, 6.45) is 13.1. The van der Waals surface area contributed by atoms with Crippen LogP contribution in [0.3, 0.4) is 0 Å². The highest BCUT2D eigenvalue weighted by Crippen LogP contribution is 2.70. The molecule has 0 N–H and O–H groups in total. The second kappa shape index (κ2) is 16.7. The van der Waals surface area contributed by atoms with E-state index in [2.05, 4.69) is 6.92 Å². The van der Waals surface area contributed by atoms with Crippen LogP contribution in [0.15, 0.2) is 129 Å². The van der Waals surface area contributed by atoms with E-state index in [1.165, 1.54) is 51.4 Å². The molecule has 0 aromatic heterocycles. The van der Waals surface area contributed by atoms with E-state index < -0.39 is 20.4 Å². The van der Waals surface area contributed by atoms with Gasteiger partial charge in [-0.15, -0.1) is 0 Å². The van der Waals surface area contributed by atoms with Crippen molar-refractivity contribution in [1.82, 2.24) is 0 Å². The number of rotatable bonds is 18. The molecule has 4 aromatic carbocycles. The lowest BCUT2D eigenvalue weighted by atomic mass is 10.0. The second-order valence-electron chi connectivity index (χ2n) is 10.9. The average molecular weight is 619 g/mol. The molecule has 0 aliphatic carbocycles. The average Bonchev–Trinajstić information content (AvgIpc) is 3.05. The van der Waals surface area contributed by atoms with Crippen LogP contribution in [-0.2, 0) is 20.2 Å². The van der Waals surface area contributed by atoms with Crippen molar-refractivity contribution in [3.05, 3.63) is 115 Å². The molecule has 0 amide bonds. The fourth-order valence-corrected chi connectivity index (χ4v) is 10.9. The molecule has 6 heteroatoms. The normalized spacial score (nSPS) is 12.2. The molecule has 4 rings (SSSR count). The molecule has 0 unspecified atom stereocenters. The zero-order valence-electron chi connectivity index (χ0n) is 25.6. The van der Waals surface area contributed by atoms with Gasteiger partial charge in [-0.05, 0) is 83.3 Å². The Morgan fingerprint density at radius 1 is 0.535 bits per heavy atom. The van der Waals surface area contributed by atoms with Crippen molar-refractivity contribution in [2.45, 2.75) is 97.1 Å². The van der Waals surface area contributed by atoms with Gasteiger partial charge in [-0.1, -0.05) is 119 Å². The van der Waals surface area contributed by atoms with Crippen LogP contribution in [0.5, 0.6) is 5.75 Å². The van der Waals surface area contributed by atoms with Crippen LogP contribution in [0.2, 0.25) is 0 Å². The number of hydrogen-bond donors (Lipinski definition) is 0.